The fourth-order valence-corrected chi connectivity index (χ4v) is 3.17. The number of amides is 2. The highest BCUT2D eigenvalue weighted by atomic mass is 35.5. The number of carbonyl (C=O) groups is 2. The molecule has 2 amide bonds. The molecule has 1 aliphatic rings. The molecule has 0 spiro atoms. The van der Waals surface area contributed by atoms with Gasteiger partial charge >= 0.3 is 6.09 Å². The van der Waals surface area contributed by atoms with Gasteiger partial charge in [0.1, 0.15) is 5.82 Å². The van der Waals surface area contributed by atoms with Crippen molar-refractivity contribution in [3.8, 4) is 0 Å². The largest absolute Gasteiger partial charge is 0.410 e. The van der Waals surface area contributed by atoms with Crippen LogP contribution in [0.1, 0.15) is 18.9 Å². The first-order chi connectivity index (χ1) is 12.1. The second-order valence-electron chi connectivity index (χ2n) is 6.66. The van der Waals surface area contributed by atoms with Crippen LogP contribution in [-0.4, -0.2) is 65.9 Å². The maximum atomic E-state index is 13.3. The zero-order valence-corrected chi connectivity index (χ0v) is 15.7. The summed E-state index contributed by atoms with van der Waals surface area (Å²) in [5.41, 5.74) is 0.429. The Kier molecular flexibility index (Phi) is 6.44. The number of alkyl carbamates (subject to hydrolysis) is 1. The van der Waals surface area contributed by atoms with Gasteiger partial charge in [0.2, 0.25) is 0 Å². The molecule has 0 bridgehead atoms. The Hall–Kier alpha value is -1.90. The number of carbonyl (C=O) groups excluding carboxylic acids is 2. The molecule has 1 unspecified atom stereocenters. The molecule has 1 heterocycles. The fourth-order valence-electron chi connectivity index (χ4n) is 2.92. The topological polar surface area (TPSA) is 82.1 Å². The van der Waals surface area contributed by atoms with Crippen molar-refractivity contribution in [1.29, 1.82) is 0 Å². The summed E-state index contributed by atoms with van der Waals surface area (Å²) < 4.78 is 18.2. The fraction of sp³-hybridized carbons (Fsp3) is 0.529. The number of likely N-dealkylation sites (tertiary alicyclic amines) is 1. The van der Waals surface area contributed by atoms with E-state index in [1.165, 1.54) is 17.0 Å². The van der Waals surface area contributed by atoms with E-state index in [2.05, 4.69) is 5.32 Å². The van der Waals surface area contributed by atoms with Gasteiger partial charge in [-0.15, -0.1) is 0 Å². The third kappa shape index (κ3) is 5.06. The monoisotopic (exact) mass is 387 g/mol. The van der Waals surface area contributed by atoms with Crippen molar-refractivity contribution in [2.75, 3.05) is 27.2 Å². The molecule has 0 radical (unpaired) electrons. The number of hydrogen-bond donors (Lipinski definition) is 2. The van der Waals surface area contributed by atoms with E-state index in [1.54, 1.807) is 0 Å². The number of benzene rings is 1. The minimum Gasteiger partial charge on any atom is -0.407 e. The van der Waals surface area contributed by atoms with Gasteiger partial charge in [-0.2, -0.15) is 0 Å². The number of ether oxygens (including phenoxy) is 1. The van der Waals surface area contributed by atoms with Gasteiger partial charge in [0, 0.05) is 37.1 Å². The van der Waals surface area contributed by atoms with Gasteiger partial charge in [-0.05, 0) is 44.8 Å². The zero-order valence-electron chi connectivity index (χ0n) is 15.0. The predicted molar refractivity (Wildman–Crippen MR) is 94.0 cm³/mol. The van der Waals surface area contributed by atoms with E-state index in [9.17, 15) is 19.1 Å². The number of hydrogen-bond acceptors (Lipinski definition) is 5. The molecule has 9 heteroatoms. The van der Waals surface area contributed by atoms with Crippen molar-refractivity contribution in [2.24, 2.45) is 0 Å². The van der Waals surface area contributed by atoms with Gasteiger partial charge in [0.25, 0.3) is 11.7 Å². The summed E-state index contributed by atoms with van der Waals surface area (Å²) in [6, 6.07) is 3.72. The summed E-state index contributed by atoms with van der Waals surface area (Å²) in [5, 5.41) is 13.0. The first-order valence-electron chi connectivity index (χ1n) is 8.21. The summed E-state index contributed by atoms with van der Waals surface area (Å²) in [5.74, 6) is -3.36. The predicted octanol–water partition coefficient (Wildman–Crippen LogP) is 1.58. The Morgan fingerprint density at radius 2 is 2.19 bits per heavy atom. The van der Waals surface area contributed by atoms with Crippen LogP contribution in [0.3, 0.4) is 0 Å². The summed E-state index contributed by atoms with van der Waals surface area (Å²) in [6.07, 6.45) is -0.980. The number of likely N-dealkylation sites (N-methyl/N-ethyl adjacent to an activating group) is 1. The van der Waals surface area contributed by atoms with Crippen LogP contribution in [0.4, 0.5) is 9.18 Å². The van der Waals surface area contributed by atoms with Crippen LogP contribution in [-0.2, 0) is 16.1 Å². The molecular weight excluding hydrogens is 365 g/mol. The van der Waals surface area contributed by atoms with Gasteiger partial charge in [0.15, 0.2) is 0 Å². The highest BCUT2D eigenvalue weighted by molar-refractivity contribution is 6.30. The van der Waals surface area contributed by atoms with Crippen LogP contribution in [0.5, 0.6) is 0 Å². The van der Waals surface area contributed by atoms with Gasteiger partial charge in [0.05, 0.1) is 0 Å². The Bertz CT molecular complexity index is 668. The summed E-state index contributed by atoms with van der Waals surface area (Å²) >= 11 is 5.75. The minimum atomic E-state index is -2.19. The molecule has 2 atom stereocenters. The van der Waals surface area contributed by atoms with Crippen LogP contribution in [0.2, 0.25) is 5.02 Å². The first kappa shape index (κ1) is 20.4. The quantitative estimate of drug-likeness (QED) is 0.724. The van der Waals surface area contributed by atoms with E-state index in [-0.39, 0.29) is 30.6 Å². The molecule has 0 saturated carbocycles. The van der Waals surface area contributed by atoms with Gasteiger partial charge in [-0.3, -0.25) is 4.79 Å². The highest BCUT2D eigenvalue weighted by Crippen LogP contribution is 2.26. The molecule has 0 aromatic heterocycles. The van der Waals surface area contributed by atoms with E-state index >= 15 is 0 Å². The SMILES string of the molecule is CC(CN(C)C)N1CC[C@](O)(OC(=O)NCc2cc(F)cc(Cl)c2)C1=O. The minimum absolute atomic E-state index is 0.0111. The van der Waals surface area contributed by atoms with Crippen LogP contribution in [0.25, 0.3) is 0 Å². The van der Waals surface area contributed by atoms with Gasteiger partial charge in [-0.25, -0.2) is 9.18 Å². The third-order valence-corrected chi connectivity index (χ3v) is 4.29. The van der Waals surface area contributed by atoms with Gasteiger partial charge < -0.3 is 25.0 Å². The lowest BCUT2D eigenvalue weighted by molar-refractivity contribution is -0.183. The number of halogens is 2. The van der Waals surface area contributed by atoms with E-state index in [1.807, 2.05) is 25.9 Å². The number of nitrogens with zero attached hydrogens (tertiary/aromatic N) is 2. The van der Waals surface area contributed by atoms with Crippen LogP contribution in [0, 0.1) is 5.82 Å². The summed E-state index contributed by atoms with van der Waals surface area (Å²) in [4.78, 5) is 27.8. The van der Waals surface area contributed by atoms with Crippen molar-refractivity contribution in [2.45, 2.75) is 31.7 Å². The van der Waals surface area contributed by atoms with Crippen molar-refractivity contribution in [3.63, 3.8) is 0 Å². The summed E-state index contributed by atoms with van der Waals surface area (Å²) in [7, 11) is 3.76. The average molecular weight is 388 g/mol. The van der Waals surface area contributed by atoms with Crippen molar-refractivity contribution in [1.82, 2.24) is 15.1 Å². The van der Waals surface area contributed by atoms with Crippen LogP contribution in [0.15, 0.2) is 18.2 Å². The van der Waals surface area contributed by atoms with Crippen molar-refractivity contribution < 1.29 is 23.8 Å². The molecule has 0 aliphatic carbocycles. The average Bonchev–Trinajstić information content (AvgIpc) is 2.79. The lowest BCUT2D eigenvalue weighted by Gasteiger charge is -2.28. The number of rotatable bonds is 6. The molecule has 26 heavy (non-hydrogen) atoms. The van der Waals surface area contributed by atoms with Crippen molar-refractivity contribution >= 4 is 23.6 Å². The maximum absolute atomic E-state index is 13.3. The number of aliphatic hydroxyl groups is 1. The Morgan fingerprint density at radius 1 is 1.50 bits per heavy atom. The Morgan fingerprint density at radius 3 is 2.81 bits per heavy atom. The molecule has 1 aromatic carbocycles. The van der Waals surface area contributed by atoms with Crippen molar-refractivity contribution in [3.05, 3.63) is 34.6 Å². The summed E-state index contributed by atoms with van der Waals surface area (Å²) in [6.45, 7) is 2.71. The van der Waals surface area contributed by atoms with E-state index in [0.29, 0.717) is 12.1 Å². The second-order valence-corrected chi connectivity index (χ2v) is 7.10. The lowest BCUT2D eigenvalue weighted by atomic mass is 10.2. The normalized spacial score (nSPS) is 21.2. The first-order valence-corrected chi connectivity index (χ1v) is 8.58. The molecule has 144 valence electrons. The van der Waals surface area contributed by atoms with E-state index in [0.717, 1.165) is 6.07 Å². The molecule has 2 N–H and O–H groups in total. The second kappa shape index (κ2) is 8.20. The molecule has 1 aromatic rings. The number of nitrogens with one attached hydrogen (secondary N) is 1. The third-order valence-electron chi connectivity index (χ3n) is 4.07. The molecular formula is C17H23ClFN3O4. The smallest absolute Gasteiger partial charge is 0.407 e. The molecule has 1 saturated heterocycles. The lowest BCUT2D eigenvalue weighted by Crippen LogP contribution is -2.49. The molecule has 1 fully saturated rings. The highest BCUT2D eigenvalue weighted by Gasteiger charge is 2.50. The van der Waals surface area contributed by atoms with E-state index < -0.39 is 23.6 Å². The van der Waals surface area contributed by atoms with E-state index in [4.69, 9.17) is 16.3 Å². The molecule has 7 nitrogen and oxygen atoms in total. The maximum Gasteiger partial charge on any atom is 0.410 e. The Balaban J connectivity index is 1.92. The molecule has 2 rings (SSSR count). The van der Waals surface area contributed by atoms with Crippen LogP contribution < -0.4 is 5.32 Å². The zero-order chi connectivity index (χ0) is 19.5. The Labute approximate surface area is 156 Å². The standard InChI is InChI=1S/C17H23ClFN3O4/c1-11(10-21(2)3)22-5-4-17(25,15(22)23)26-16(24)20-9-12-6-13(18)8-14(19)7-12/h6-8,11,25H,4-5,9-10H2,1-3H3,(H,20,24)/t11?,17-/m0/s1. The van der Waals surface area contributed by atoms with Crippen LogP contribution >= 0.6 is 11.6 Å². The molecule has 1 aliphatic heterocycles. The van der Waals surface area contributed by atoms with Gasteiger partial charge in [-0.1, -0.05) is 11.6 Å².